The van der Waals surface area contributed by atoms with Crippen LogP contribution in [0, 0.1) is 0 Å². The minimum Gasteiger partial charge on any atom is -0.444 e. The lowest BCUT2D eigenvalue weighted by Crippen LogP contribution is -2.09. The molecule has 1 aliphatic heterocycles. The Labute approximate surface area is 57.8 Å². The largest absolute Gasteiger partial charge is 0.444 e. The zero-order valence-corrected chi connectivity index (χ0v) is 5.41. The first-order valence-electron chi connectivity index (χ1n) is 2.38. The van der Waals surface area contributed by atoms with Crippen LogP contribution < -0.4 is 0 Å². The van der Waals surface area contributed by atoms with Crippen molar-refractivity contribution < 1.29 is 9.53 Å². The van der Waals surface area contributed by atoms with Gasteiger partial charge >= 0.3 is 5.30 Å². The first-order chi connectivity index (χ1) is 4.29. The van der Waals surface area contributed by atoms with Crippen LogP contribution in [0.3, 0.4) is 0 Å². The number of ether oxygens (including phenoxy) is 1. The van der Waals surface area contributed by atoms with Crippen LogP contribution in [0.2, 0.25) is 0 Å². The van der Waals surface area contributed by atoms with Crippen molar-refractivity contribution in [3.63, 3.8) is 0 Å². The molecule has 4 heteroatoms. The van der Waals surface area contributed by atoms with Crippen LogP contribution in [0.25, 0.3) is 0 Å². The maximum absolute atomic E-state index is 10.1. The van der Waals surface area contributed by atoms with Gasteiger partial charge in [-0.25, -0.2) is 4.79 Å². The zero-order valence-electron chi connectivity index (χ0n) is 4.52. The van der Waals surface area contributed by atoms with Crippen LogP contribution >= 0.6 is 12.6 Å². The molecular weight excluding hydrogens is 138 g/mol. The highest BCUT2D eigenvalue weighted by atomic mass is 32.1. The molecule has 1 aliphatic rings. The van der Waals surface area contributed by atoms with Gasteiger partial charge in [0.1, 0.15) is 0 Å². The van der Waals surface area contributed by atoms with Gasteiger partial charge in [0.15, 0.2) is 6.10 Å². The third-order valence-corrected chi connectivity index (χ3v) is 0.937. The summed E-state index contributed by atoms with van der Waals surface area (Å²) in [7, 11) is 0. The van der Waals surface area contributed by atoms with E-state index in [2.05, 4.69) is 22.4 Å². The number of nitrogens with zero attached hydrogens (tertiary/aromatic N) is 1. The summed E-state index contributed by atoms with van der Waals surface area (Å²) >= 11 is 3.42. The van der Waals surface area contributed by atoms with Gasteiger partial charge in [0.25, 0.3) is 0 Å². The fourth-order valence-electron chi connectivity index (χ4n) is 0.505. The third-order valence-electron chi connectivity index (χ3n) is 0.832. The predicted molar refractivity (Wildman–Crippen MR) is 36.9 cm³/mol. The Bertz CT molecular complexity index is 164. The Morgan fingerprint density at radius 3 is 3.00 bits per heavy atom. The monoisotopic (exact) mass is 143 g/mol. The molecule has 0 fully saturated rings. The van der Waals surface area contributed by atoms with Crippen LogP contribution in [-0.2, 0) is 4.74 Å². The molecule has 1 rings (SSSR count). The fourth-order valence-corrected chi connectivity index (χ4v) is 0.627. The van der Waals surface area contributed by atoms with Crippen LogP contribution in [0.4, 0.5) is 4.79 Å². The lowest BCUT2D eigenvalue weighted by molar-refractivity contribution is 0.174. The molecule has 0 aliphatic carbocycles. The number of rotatable bonds is 1. The first kappa shape index (κ1) is 6.35. The van der Waals surface area contributed by atoms with Crippen molar-refractivity contribution >= 4 is 24.1 Å². The van der Waals surface area contributed by atoms with Crippen LogP contribution in [0.1, 0.15) is 0 Å². The SMILES string of the molecule is O=C(S)OC1C=CN=C1. The van der Waals surface area contributed by atoms with Gasteiger partial charge in [0, 0.05) is 12.4 Å². The Morgan fingerprint density at radius 1 is 1.78 bits per heavy atom. The molecule has 0 saturated heterocycles. The second kappa shape index (κ2) is 2.68. The molecule has 0 aromatic carbocycles. The molecule has 1 atom stereocenters. The Morgan fingerprint density at radius 2 is 2.56 bits per heavy atom. The summed E-state index contributed by atoms with van der Waals surface area (Å²) < 4.78 is 4.60. The van der Waals surface area contributed by atoms with Gasteiger partial charge in [-0.2, -0.15) is 0 Å². The maximum Gasteiger partial charge on any atom is 0.365 e. The molecule has 0 aromatic heterocycles. The molecule has 1 heterocycles. The lowest BCUT2D eigenvalue weighted by atomic mass is 10.4. The fraction of sp³-hybridized carbons (Fsp3) is 0.200. The number of hydrogen-bond donors (Lipinski definition) is 1. The third kappa shape index (κ3) is 1.89. The molecule has 48 valence electrons. The second-order valence-electron chi connectivity index (χ2n) is 1.49. The molecule has 0 bridgehead atoms. The molecule has 0 aromatic rings. The van der Waals surface area contributed by atoms with Crippen molar-refractivity contribution in [2.45, 2.75) is 6.10 Å². The van der Waals surface area contributed by atoms with Gasteiger partial charge in [0.05, 0.1) is 0 Å². The van der Waals surface area contributed by atoms with Gasteiger partial charge in [-0.05, 0) is 6.08 Å². The second-order valence-corrected chi connectivity index (χ2v) is 1.85. The summed E-state index contributed by atoms with van der Waals surface area (Å²) in [6, 6.07) is 0. The Hall–Kier alpha value is -0.770. The van der Waals surface area contributed by atoms with E-state index in [1.807, 2.05) is 0 Å². The summed E-state index contributed by atoms with van der Waals surface area (Å²) in [5.74, 6) is 0. The number of hydrogen-bond acceptors (Lipinski definition) is 3. The topological polar surface area (TPSA) is 38.7 Å². The molecule has 0 saturated carbocycles. The van der Waals surface area contributed by atoms with E-state index < -0.39 is 5.30 Å². The quantitative estimate of drug-likeness (QED) is 0.439. The first-order valence-corrected chi connectivity index (χ1v) is 2.83. The normalized spacial score (nSPS) is 22.6. The van der Waals surface area contributed by atoms with Gasteiger partial charge in [-0.15, -0.1) is 0 Å². The summed E-state index contributed by atoms with van der Waals surface area (Å²) in [5.41, 5.74) is 0. The van der Waals surface area contributed by atoms with Gasteiger partial charge in [-0.3, -0.25) is 4.99 Å². The van der Waals surface area contributed by atoms with E-state index in [0.717, 1.165) is 0 Å². The number of carbonyl (C=O) groups is 1. The molecule has 9 heavy (non-hydrogen) atoms. The molecule has 0 spiro atoms. The van der Waals surface area contributed by atoms with Gasteiger partial charge < -0.3 is 4.74 Å². The van der Waals surface area contributed by atoms with E-state index in [0.29, 0.717) is 0 Å². The molecule has 0 N–H and O–H groups in total. The minimum atomic E-state index is -0.585. The molecular formula is C5H5NO2S. The van der Waals surface area contributed by atoms with Crippen molar-refractivity contribution in [2.75, 3.05) is 0 Å². The smallest absolute Gasteiger partial charge is 0.365 e. The average Bonchev–Trinajstić information content (AvgIpc) is 2.15. The van der Waals surface area contributed by atoms with E-state index in [1.54, 1.807) is 12.3 Å². The average molecular weight is 143 g/mol. The standard InChI is InChI=1S/C5H5NO2S/c7-5(9)8-4-1-2-6-3-4/h1-4H,(H,7,9). The number of aliphatic imine (C=N–C) groups is 1. The molecule has 0 radical (unpaired) electrons. The van der Waals surface area contributed by atoms with Gasteiger partial charge in [0.2, 0.25) is 0 Å². The Balaban J connectivity index is 2.37. The molecule has 0 amide bonds. The van der Waals surface area contributed by atoms with E-state index in [4.69, 9.17) is 0 Å². The predicted octanol–water partition coefficient (Wildman–Crippen LogP) is 1.02. The lowest BCUT2D eigenvalue weighted by Gasteiger charge is -2.00. The van der Waals surface area contributed by atoms with Crippen LogP contribution in [0.15, 0.2) is 17.3 Å². The molecule has 1 unspecified atom stereocenters. The van der Waals surface area contributed by atoms with Crippen molar-refractivity contribution in [3.05, 3.63) is 12.3 Å². The van der Waals surface area contributed by atoms with Crippen LogP contribution in [0.5, 0.6) is 0 Å². The highest BCUT2D eigenvalue weighted by molar-refractivity contribution is 7.96. The zero-order chi connectivity index (χ0) is 6.69. The highest BCUT2D eigenvalue weighted by Gasteiger charge is 2.06. The van der Waals surface area contributed by atoms with Crippen molar-refractivity contribution in [1.29, 1.82) is 0 Å². The number of thiol groups is 1. The highest BCUT2D eigenvalue weighted by Crippen LogP contribution is 2.00. The van der Waals surface area contributed by atoms with Crippen molar-refractivity contribution in [1.82, 2.24) is 0 Å². The Kier molecular flexibility index (Phi) is 1.89. The maximum atomic E-state index is 10.1. The van der Waals surface area contributed by atoms with Crippen molar-refractivity contribution in [3.8, 4) is 0 Å². The van der Waals surface area contributed by atoms with Crippen molar-refractivity contribution in [2.24, 2.45) is 4.99 Å². The van der Waals surface area contributed by atoms with E-state index in [1.165, 1.54) is 6.21 Å². The van der Waals surface area contributed by atoms with Crippen LogP contribution in [-0.4, -0.2) is 17.6 Å². The summed E-state index contributed by atoms with van der Waals surface area (Å²) in [4.78, 5) is 13.8. The van der Waals surface area contributed by atoms with E-state index >= 15 is 0 Å². The van der Waals surface area contributed by atoms with Gasteiger partial charge in [-0.1, -0.05) is 12.6 Å². The molecule has 3 nitrogen and oxygen atoms in total. The van der Waals surface area contributed by atoms with E-state index in [-0.39, 0.29) is 6.10 Å². The summed E-state index contributed by atoms with van der Waals surface area (Å²) in [5, 5.41) is -0.585. The van der Waals surface area contributed by atoms with E-state index in [9.17, 15) is 4.79 Å². The minimum absolute atomic E-state index is 0.310. The summed E-state index contributed by atoms with van der Waals surface area (Å²) in [6.07, 6.45) is 4.44. The summed E-state index contributed by atoms with van der Waals surface area (Å²) in [6.45, 7) is 0. The number of carbonyl (C=O) groups excluding carboxylic acids is 1.